The van der Waals surface area contributed by atoms with E-state index in [1.807, 2.05) is 0 Å². The first kappa shape index (κ1) is 17.4. The monoisotopic (exact) mass is 387 g/mol. The average molecular weight is 388 g/mol. The molecule has 0 saturated heterocycles. The van der Waals surface area contributed by atoms with Crippen LogP contribution in [0, 0.1) is 5.82 Å². The van der Waals surface area contributed by atoms with E-state index in [4.69, 9.17) is 21.1 Å². The van der Waals surface area contributed by atoms with E-state index in [2.05, 4.69) is 10.4 Å². The number of fused-ring (bicyclic) bond motifs is 1. The van der Waals surface area contributed by atoms with Gasteiger partial charge in [-0.2, -0.15) is 5.10 Å². The van der Waals surface area contributed by atoms with E-state index in [1.165, 1.54) is 16.8 Å². The van der Waals surface area contributed by atoms with Gasteiger partial charge in [-0.25, -0.2) is 9.07 Å². The van der Waals surface area contributed by atoms with E-state index < -0.39 is 0 Å². The second-order valence-electron chi connectivity index (χ2n) is 5.91. The van der Waals surface area contributed by atoms with Gasteiger partial charge in [0.2, 0.25) is 0 Å². The molecule has 8 heteroatoms. The van der Waals surface area contributed by atoms with Crippen LogP contribution in [0.3, 0.4) is 0 Å². The minimum absolute atomic E-state index is 0.253. The number of nitrogens with one attached hydrogen (secondary N) is 1. The van der Waals surface area contributed by atoms with Gasteiger partial charge in [0, 0.05) is 12.7 Å². The lowest BCUT2D eigenvalue weighted by molar-refractivity contribution is 0.0945. The third-order valence-corrected chi connectivity index (χ3v) is 4.30. The molecular formula is C19H15ClFN3O3. The second-order valence-corrected chi connectivity index (χ2v) is 6.31. The highest BCUT2D eigenvalue weighted by atomic mass is 35.5. The fourth-order valence-corrected chi connectivity index (χ4v) is 3.01. The van der Waals surface area contributed by atoms with Gasteiger partial charge in [0.25, 0.3) is 5.91 Å². The number of amides is 1. The van der Waals surface area contributed by atoms with Crippen LogP contribution in [-0.2, 0) is 6.54 Å². The first-order chi connectivity index (χ1) is 13.1. The van der Waals surface area contributed by atoms with Crippen molar-refractivity contribution in [3.05, 3.63) is 70.8 Å². The van der Waals surface area contributed by atoms with Crippen LogP contribution in [0.4, 0.5) is 4.39 Å². The van der Waals surface area contributed by atoms with Crippen molar-refractivity contribution in [3.63, 3.8) is 0 Å². The molecule has 2 aromatic carbocycles. The van der Waals surface area contributed by atoms with Crippen LogP contribution in [0.1, 0.15) is 16.1 Å². The van der Waals surface area contributed by atoms with Crippen LogP contribution in [0.15, 0.2) is 48.7 Å². The SMILES string of the molecule is O=C(NCc1cc(Cl)c2c(c1)OCCO2)c1ccn(-c2ccc(F)cc2)n1. The van der Waals surface area contributed by atoms with Crippen LogP contribution in [-0.4, -0.2) is 28.9 Å². The van der Waals surface area contributed by atoms with Gasteiger partial charge < -0.3 is 14.8 Å². The number of carbonyl (C=O) groups is 1. The summed E-state index contributed by atoms with van der Waals surface area (Å²) in [4.78, 5) is 12.4. The quantitative estimate of drug-likeness (QED) is 0.745. The number of halogens is 2. The predicted molar refractivity (Wildman–Crippen MR) is 97.1 cm³/mol. The van der Waals surface area contributed by atoms with E-state index in [9.17, 15) is 9.18 Å². The van der Waals surface area contributed by atoms with Gasteiger partial charge in [-0.3, -0.25) is 4.79 Å². The molecule has 0 radical (unpaired) electrons. The first-order valence-electron chi connectivity index (χ1n) is 8.28. The largest absolute Gasteiger partial charge is 0.486 e. The number of hydrogen-bond acceptors (Lipinski definition) is 4. The van der Waals surface area contributed by atoms with Crippen molar-refractivity contribution >= 4 is 17.5 Å². The molecule has 27 heavy (non-hydrogen) atoms. The van der Waals surface area contributed by atoms with Crippen molar-refractivity contribution < 1.29 is 18.7 Å². The normalized spacial score (nSPS) is 12.7. The van der Waals surface area contributed by atoms with Crippen LogP contribution in [0.25, 0.3) is 5.69 Å². The summed E-state index contributed by atoms with van der Waals surface area (Å²) >= 11 is 6.20. The lowest BCUT2D eigenvalue weighted by Crippen LogP contribution is -2.24. The Morgan fingerprint density at radius 2 is 1.96 bits per heavy atom. The summed E-state index contributed by atoms with van der Waals surface area (Å²) in [6.07, 6.45) is 1.64. The van der Waals surface area contributed by atoms with Gasteiger partial charge in [0.15, 0.2) is 17.2 Å². The zero-order valence-electron chi connectivity index (χ0n) is 14.1. The van der Waals surface area contributed by atoms with Crippen molar-refractivity contribution in [3.8, 4) is 17.2 Å². The Morgan fingerprint density at radius 1 is 1.19 bits per heavy atom. The molecule has 0 saturated carbocycles. The van der Waals surface area contributed by atoms with E-state index >= 15 is 0 Å². The van der Waals surface area contributed by atoms with Crippen LogP contribution in [0.2, 0.25) is 5.02 Å². The number of rotatable bonds is 4. The number of benzene rings is 2. The Balaban J connectivity index is 1.44. The summed E-state index contributed by atoms with van der Waals surface area (Å²) in [6.45, 7) is 1.18. The fourth-order valence-electron chi connectivity index (χ4n) is 2.72. The lowest BCUT2D eigenvalue weighted by atomic mass is 10.2. The molecule has 4 rings (SSSR count). The smallest absolute Gasteiger partial charge is 0.272 e. The molecule has 0 bridgehead atoms. The Hall–Kier alpha value is -3.06. The molecule has 1 N–H and O–H groups in total. The molecule has 1 aliphatic heterocycles. The van der Waals surface area contributed by atoms with Crippen molar-refractivity contribution in [1.82, 2.24) is 15.1 Å². The summed E-state index contributed by atoms with van der Waals surface area (Å²) < 4.78 is 25.5. The van der Waals surface area contributed by atoms with Gasteiger partial charge in [-0.05, 0) is 48.0 Å². The Bertz CT molecular complexity index is 988. The van der Waals surface area contributed by atoms with Gasteiger partial charge in [-0.1, -0.05) is 11.6 Å². The highest BCUT2D eigenvalue weighted by Gasteiger charge is 2.17. The molecule has 138 valence electrons. The summed E-state index contributed by atoms with van der Waals surface area (Å²) in [5, 5.41) is 7.46. The molecule has 0 fully saturated rings. The minimum Gasteiger partial charge on any atom is -0.486 e. The van der Waals surface area contributed by atoms with Crippen molar-refractivity contribution in [2.75, 3.05) is 13.2 Å². The number of carbonyl (C=O) groups excluding carboxylic acids is 1. The molecule has 0 atom stereocenters. The molecule has 6 nitrogen and oxygen atoms in total. The summed E-state index contributed by atoms with van der Waals surface area (Å²) in [6, 6.07) is 11.0. The van der Waals surface area contributed by atoms with Crippen LogP contribution >= 0.6 is 11.6 Å². The standard InChI is InChI=1S/C19H15ClFN3O3/c20-15-9-12(10-17-18(15)27-8-7-26-17)11-22-19(25)16-5-6-24(23-16)14-3-1-13(21)2-4-14/h1-6,9-10H,7-8,11H2,(H,22,25). The van der Waals surface area contributed by atoms with Crippen LogP contribution in [0.5, 0.6) is 11.5 Å². The average Bonchev–Trinajstić information content (AvgIpc) is 3.17. The topological polar surface area (TPSA) is 65.4 Å². The molecule has 0 unspecified atom stereocenters. The van der Waals surface area contributed by atoms with Crippen molar-refractivity contribution in [1.29, 1.82) is 0 Å². The Kier molecular flexibility index (Phi) is 4.68. The highest BCUT2D eigenvalue weighted by molar-refractivity contribution is 6.32. The van der Waals surface area contributed by atoms with E-state index in [0.717, 1.165) is 5.56 Å². The number of hydrogen-bond donors (Lipinski definition) is 1. The lowest BCUT2D eigenvalue weighted by Gasteiger charge is -2.20. The molecule has 1 amide bonds. The maximum Gasteiger partial charge on any atom is 0.272 e. The maximum absolute atomic E-state index is 13.0. The molecule has 0 spiro atoms. The van der Waals surface area contributed by atoms with E-state index in [1.54, 1.807) is 36.5 Å². The predicted octanol–water partition coefficient (Wildman–Crippen LogP) is 3.37. The molecule has 3 aromatic rings. The molecule has 1 aromatic heterocycles. The van der Waals surface area contributed by atoms with Gasteiger partial charge >= 0.3 is 0 Å². The minimum atomic E-state index is -0.332. The van der Waals surface area contributed by atoms with E-state index in [-0.39, 0.29) is 24.0 Å². The summed E-state index contributed by atoms with van der Waals surface area (Å²) in [5.74, 6) is 0.429. The van der Waals surface area contributed by atoms with Crippen LogP contribution < -0.4 is 14.8 Å². The highest BCUT2D eigenvalue weighted by Crippen LogP contribution is 2.38. The van der Waals surface area contributed by atoms with E-state index in [0.29, 0.717) is 35.4 Å². The van der Waals surface area contributed by atoms with Gasteiger partial charge in [-0.15, -0.1) is 0 Å². The fraction of sp³-hybridized carbons (Fsp3) is 0.158. The Morgan fingerprint density at radius 3 is 2.78 bits per heavy atom. The zero-order chi connectivity index (χ0) is 18.8. The second kappa shape index (κ2) is 7.28. The molecule has 1 aliphatic rings. The molecular weight excluding hydrogens is 373 g/mol. The first-order valence-corrected chi connectivity index (χ1v) is 8.66. The Labute approximate surface area is 159 Å². The summed E-state index contributed by atoms with van der Waals surface area (Å²) in [5.41, 5.74) is 1.70. The van der Waals surface area contributed by atoms with Crippen molar-refractivity contribution in [2.45, 2.75) is 6.54 Å². The summed E-state index contributed by atoms with van der Waals surface area (Å²) in [7, 11) is 0. The van der Waals surface area contributed by atoms with Crippen molar-refractivity contribution in [2.24, 2.45) is 0 Å². The zero-order valence-corrected chi connectivity index (χ0v) is 14.9. The molecule has 2 heterocycles. The van der Waals surface area contributed by atoms with Gasteiger partial charge in [0.05, 0.1) is 10.7 Å². The number of ether oxygens (including phenoxy) is 2. The third kappa shape index (κ3) is 3.73. The number of aromatic nitrogens is 2. The number of nitrogens with zero attached hydrogens (tertiary/aromatic N) is 2. The molecule has 0 aliphatic carbocycles. The van der Waals surface area contributed by atoms with Gasteiger partial charge in [0.1, 0.15) is 19.0 Å². The third-order valence-electron chi connectivity index (χ3n) is 4.02. The maximum atomic E-state index is 13.0.